The quantitative estimate of drug-likeness (QED) is 0.748. The van der Waals surface area contributed by atoms with E-state index in [9.17, 15) is 4.79 Å². The second kappa shape index (κ2) is 8.89. The van der Waals surface area contributed by atoms with Crippen molar-refractivity contribution in [2.45, 2.75) is 39.7 Å². The fourth-order valence-corrected chi connectivity index (χ4v) is 2.79. The normalized spacial score (nSPS) is 15.7. The van der Waals surface area contributed by atoms with E-state index in [-0.39, 0.29) is 5.91 Å². The lowest BCUT2D eigenvalue weighted by molar-refractivity contribution is -0.127. The first-order valence-electron chi connectivity index (χ1n) is 8.47. The van der Waals surface area contributed by atoms with Crippen molar-refractivity contribution in [2.24, 2.45) is 0 Å². The maximum Gasteiger partial charge on any atom is 0.253 e. The van der Waals surface area contributed by atoms with Gasteiger partial charge in [0.1, 0.15) is 6.10 Å². The Hall–Kier alpha value is -1.59. The molecule has 5 heteroatoms. The van der Waals surface area contributed by atoms with Gasteiger partial charge in [0.25, 0.3) is 5.91 Å². The molecule has 1 aromatic carbocycles. The summed E-state index contributed by atoms with van der Waals surface area (Å²) in [6.07, 6.45) is 2.03. The summed E-state index contributed by atoms with van der Waals surface area (Å²) in [5.74, 6) is -0.130. The largest absolute Gasteiger partial charge is 0.379 e. The van der Waals surface area contributed by atoms with Crippen molar-refractivity contribution in [1.29, 1.82) is 0 Å². The van der Waals surface area contributed by atoms with E-state index < -0.39 is 6.10 Å². The van der Waals surface area contributed by atoms with Crippen LogP contribution in [0.1, 0.15) is 32.3 Å². The van der Waals surface area contributed by atoms with Crippen LogP contribution in [-0.2, 0) is 14.3 Å². The SMILES string of the molecule is CCOCCO[C@@H](C)C(=O)Nc1ccc(N2CCCC2)c(C)c1. The van der Waals surface area contributed by atoms with E-state index in [4.69, 9.17) is 9.47 Å². The van der Waals surface area contributed by atoms with Crippen molar-refractivity contribution < 1.29 is 14.3 Å². The molecule has 0 saturated carbocycles. The third kappa shape index (κ3) is 5.22. The summed E-state index contributed by atoms with van der Waals surface area (Å²) in [5, 5.41) is 2.92. The molecule has 0 radical (unpaired) electrons. The molecule has 0 aromatic heterocycles. The summed E-state index contributed by atoms with van der Waals surface area (Å²) in [4.78, 5) is 14.5. The van der Waals surface area contributed by atoms with Gasteiger partial charge in [-0.25, -0.2) is 0 Å². The second-order valence-corrected chi connectivity index (χ2v) is 5.89. The van der Waals surface area contributed by atoms with Gasteiger partial charge in [-0.1, -0.05) is 0 Å². The highest BCUT2D eigenvalue weighted by molar-refractivity contribution is 5.94. The Morgan fingerprint density at radius 2 is 2.04 bits per heavy atom. The monoisotopic (exact) mass is 320 g/mol. The van der Waals surface area contributed by atoms with Crippen LogP contribution in [0, 0.1) is 6.92 Å². The molecule has 1 N–H and O–H groups in total. The van der Waals surface area contributed by atoms with Crippen molar-refractivity contribution in [2.75, 3.05) is 43.1 Å². The molecule has 1 saturated heterocycles. The Morgan fingerprint density at radius 1 is 1.30 bits per heavy atom. The topological polar surface area (TPSA) is 50.8 Å². The van der Waals surface area contributed by atoms with Crippen LogP contribution in [0.5, 0.6) is 0 Å². The molecule has 1 fully saturated rings. The van der Waals surface area contributed by atoms with Crippen molar-refractivity contribution >= 4 is 17.3 Å². The summed E-state index contributed by atoms with van der Waals surface area (Å²) in [7, 11) is 0. The Labute approximate surface area is 139 Å². The number of amides is 1. The first-order chi connectivity index (χ1) is 11.1. The highest BCUT2D eigenvalue weighted by atomic mass is 16.5. The van der Waals surface area contributed by atoms with E-state index in [2.05, 4.69) is 23.2 Å². The molecule has 0 unspecified atom stereocenters. The van der Waals surface area contributed by atoms with Crippen molar-refractivity contribution in [1.82, 2.24) is 0 Å². The van der Waals surface area contributed by atoms with Crippen LogP contribution in [0.4, 0.5) is 11.4 Å². The van der Waals surface area contributed by atoms with Gasteiger partial charge in [-0.05, 0) is 57.4 Å². The number of anilines is 2. The van der Waals surface area contributed by atoms with Crippen molar-refractivity contribution in [3.05, 3.63) is 23.8 Å². The molecule has 0 spiro atoms. The van der Waals surface area contributed by atoms with Gasteiger partial charge in [0, 0.05) is 31.1 Å². The number of carbonyl (C=O) groups is 1. The van der Waals surface area contributed by atoms with Crippen LogP contribution in [-0.4, -0.2) is 44.9 Å². The zero-order chi connectivity index (χ0) is 16.7. The van der Waals surface area contributed by atoms with Gasteiger partial charge in [0.05, 0.1) is 13.2 Å². The van der Waals surface area contributed by atoms with Gasteiger partial charge >= 0.3 is 0 Å². The third-order valence-corrected chi connectivity index (χ3v) is 4.08. The fraction of sp³-hybridized carbons (Fsp3) is 0.611. The fourth-order valence-electron chi connectivity index (χ4n) is 2.79. The van der Waals surface area contributed by atoms with E-state index in [1.54, 1.807) is 6.92 Å². The smallest absolute Gasteiger partial charge is 0.253 e. The number of benzene rings is 1. The second-order valence-electron chi connectivity index (χ2n) is 5.89. The summed E-state index contributed by atoms with van der Waals surface area (Å²) < 4.78 is 10.7. The van der Waals surface area contributed by atoms with Crippen LogP contribution in [0.3, 0.4) is 0 Å². The summed E-state index contributed by atoms with van der Waals surface area (Å²) in [6, 6.07) is 6.08. The minimum absolute atomic E-state index is 0.130. The molecule has 128 valence electrons. The number of nitrogens with one attached hydrogen (secondary N) is 1. The van der Waals surface area contributed by atoms with E-state index in [1.807, 2.05) is 19.1 Å². The number of nitrogens with zero attached hydrogens (tertiary/aromatic N) is 1. The molecule has 1 aliphatic rings. The first-order valence-corrected chi connectivity index (χ1v) is 8.47. The summed E-state index contributed by atoms with van der Waals surface area (Å²) in [5.41, 5.74) is 3.27. The number of carbonyl (C=O) groups excluding carboxylic acids is 1. The maximum absolute atomic E-state index is 12.1. The predicted molar refractivity (Wildman–Crippen MR) is 93.2 cm³/mol. The van der Waals surface area contributed by atoms with E-state index in [0.29, 0.717) is 19.8 Å². The van der Waals surface area contributed by atoms with Crippen LogP contribution >= 0.6 is 0 Å². The third-order valence-electron chi connectivity index (χ3n) is 4.08. The first kappa shape index (κ1) is 17.8. The van der Waals surface area contributed by atoms with E-state index >= 15 is 0 Å². The summed E-state index contributed by atoms with van der Waals surface area (Å²) >= 11 is 0. The lowest BCUT2D eigenvalue weighted by Crippen LogP contribution is -2.29. The maximum atomic E-state index is 12.1. The minimum atomic E-state index is -0.492. The standard InChI is InChI=1S/C18H28N2O3/c1-4-22-11-12-23-15(3)18(21)19-16-7-8-17(14(2)13-16)20-9-5-6-10-20/h7-8,13,15H,4-6,9-12H2,1-3H3,(H,19,21)/t15-/m0/s1. The van der Waals surface area contributed by atoms with E-state index in [0.717, 1.165) is 18.8 Å². The molecule has 1 aliphatic heterocycles. The Kier molecular flexibility index (Phi) is 6.86. The molecule has 1 aromatic rings. The van der Waals surface area contributed by atoms with E-state index in [1.165, 1.54) is 24.1 Å². The molecule has 1 atom stereocenters. The van der Waals surface area contributed by atoms with Gasteiger partial charge in [-0.2, -0.15) is 0 Å². The molecular formula is C18H28N2O3. The van der Waals surface area contributed by atoms with Gasteiger partial charge in [0.2, 0.25) is 0 Å². The number of hydrogen-bond acceptors (Lipinski definition) is 4. The van der Waals surface area contributed by atoms with Gasteiger partial charge in [-0.15, -0.1) is 0 Å². The average Bonchev–Trinajstić information content (AvgIpc) is 3.05. The van der Waals surface area contributed by atoms with Crippen LogP contribution < -0.4 is 10.2 Å². The van der Waals surface area contributed by atoms with Crippen LogP contribution in [0.25, 0.3) is 0 Å². The lowest BCUT2D eigenvalue weighted by Gasteiger charge is -2.21. The highest BCUT2D eigenvalue weighted by Crippen LogP contribution is 2.26. The molecule has 0 aliphatic carbocycles. The molecular weight excluding hydrogens is 292 g/mol. The molecule has 1 amide bonds. The summed E-state index contributed by atoms with van der Waals surface area (Å²) in [6.45, 7) is 9.62. The zero-order valence-corrected chi connectivity index (χ0v) is 14.4. The van der Waals surface area contributed by atoms with Gasteiger partial charge in [-0.3, -0.25) is 4.79 Å². The van der Waals surface area contributed by atoms with Gasteiger partial charge < -0.3 is 19.7 Å². The van der Waals surface area contributed by atoms with Crippen LogP contribution in [0.15, 0.2) is 18.2 Å². The van der Waals surface area contributed by atoms with Gasteiger partial charge in [0.15, 0.2) is 0 Å². The lowest BCUT2D eigenvalue weighted by atomic mass is 10.1. The molecule has 5 nitrogen and oxygen atoms in total. The molecule has 23 heavy (non-hydrogen) atoms. The number of hydrogen-bond donors (Lipinski definition) is 1. The zero-order valence-electron chi connectivity index (χ0n) is 14.4. The average molecular weight is 320 g/mol. The number of ether oxygens (including phenoxy) is 2. The molecule has 0 bridgehead atoms. The Morgan fingerprint density at radius 3 is 2.70 bits per heavy atom. The Balaban J connectivity index is 1.86. The van der Waals surface area contributed by atoms with Crippen LogP contribution in [0.2, 0.25) is 0 Å². The number of aryl methyl sites for hydroxylation is 1. The van der Waals surface area contributed by atoms with Crippen molar-refractivity contribution in [3.8, 4) is 0 Å². The minimum Gasteiger partial charge on any atom is -0.379 e. The highest BCUT2D eigenvalue weighted by Gasteiger charge is 2.16. The number of rotatable bonds is 8. The Bertz CT molecular complexity index is 513. The molecule has 1 heterocycles. The van der Waals surface area contributed by atoms with Crippen molar-refractivity contribution in [3.63, 3.8) is 0 Å². The predicted octanol–water partition coefficient (Wildman–Crippen LogP) is 2.98. The molecule has 2 rings (SSSR count).